The van der Waals surface area contributed by atoms with Crippen molar-refractivity contribution in [3.63, 3.8) is 0 Å². The molecule has 144 valence electrons. The first-order valence-corrected chi connectivity index (χ1v) is 9.79. The number of hydrogen-bond acceptors (Lipinski definition) is 5. The first kappa shape index (κ1) is 18.6. The topological polar surface area (TPSA) is 98.2 Å². The second-order valence-electron chi connectivity index (χ2n) is 6.43. The maximum absolute atomic E-state index is 12.8. The van der Waals surface area contributed by atoms with E-state index in [0.717, 1.165) is 11.1 Å². The van der Waals surface area contributed by atoms with Crippen LogP contribution < -0.4 is 11.1 Å². The number of hydrogen-bond donors (Lipinski definition) is 2. The number of benzene rings is 2. The molecule has 2 amide bonds. The SMILES string of the molecule is Cc1ccccc1C(=O)Nc1onc(-c2ccsc2)c1-c1ccccc1C(N)=O. The number of thiophene rings is 1. The molecule has 0 saturated heterocycles. The normalized spacial score (nSPS) is 10.7. The lowest BCUT2D eigenvalue weighted by atomic mass is 9.97. The molecule has 0 fully saturated rings. The number of aromatic nitrogens is 1. The average molecular weight is 403 g/mol. The Hall–Kier alpha value is -3.71. The Morgan fingerprint density at radius 3 is 2.45 bits per heavy atom. The molecule has 0 aliphatic carbocycles. The van der Waals surface area contributed by atoms with Crippen molar-refractivity contribution >= 4 is 29.0 Å². The van der Waals surface area contributed by atoms with E-state index in [1.165, 1.54) is 11.3 Å². The van der Waals surface area contributed by atoms with Gasteiger partial charge in [-0.25, -0.2) is 0 Å². The summed E-state index contributed by atoms with van der Waals surface area (Å²) in [5, 5.41) is 10.8. The Labute approximate surface area is 171 Å². The van der Waals surface area contributed by atoms with Gasteiger partial charge in [-0.2, -0.15) is 11.3 Å². The molecule has 2 aromatic carbocycles. The molecule has 0 spiro atoms. The molecule has 3 N–H and O–H groups in total. The first-order valence-electron chi connectivity index (χ1n) is 8.84. The quantitative estimate of drug-likeness (QED) is 0.503. The molecule has 0 saturated carbocycles. The van der Waals surface area contributed by atoms with Crippen LogP contribution in [0.2, 0.25) is 0 Å². The Bertz CT molecular complexity index is 1200. The summed E-state index contributed by atoms with van der Waals surface area (Å²) >= 11 is 1.51. The molecular weight excluding hydrogens is 386 g/mol. The maximum atomic E-state index is 12.8. The van der Waals surface area contributed by atoms with E-state index in [0.29, 0.717) is 27.9 Å². The summed E-state index contributed by atoms with van der Waals surface area (Å²) in [6, 6.07) is 16.1. The third-order valence-corrected chi connectivity index (χ3v) is 5.25. The van der Waals surface area contributed by atoms with Crippen LogP contribution in [0, 0.1) is 6.92 Å². The number of nitrogens with two attached hydrogens (primary N) is 1. The Balaban J connectivity index is 1.85. The third-order valence-electron chi connectivity index (χ3n) is 4.57. The third kappa shape index (κ3) is 3.55. The van der Waals surface area contributed by atoms with Crippen LogP contribution in [0.5, 0.6) is 0 Å². The summed E-state index contributed by atoms with van der Waals surface area (Å²) in [6.45, 7) is 1.86. The summed E-state index contributed by atoms with van der Waals surface area (Å²) in [4.78, 5) is 24.8. The number of primary amides is 1. The van der Waals surface area contributed by atoms with E-state index in [4.69, 9.17) is 10.3 Å². The van der Waals surface area contributed by atoms with Gasteiger partial charge in [0, 0.05) is 27.6 Å². The maximum Gasteiger partial charge on any atom is 0.258 e. The van der Waals surface area contributed by atoms with Gasteiger partial charge in [0.15, 0.2) is 0 Å². The van der Waals surface area contributed by atoms with Crippen LogP contribution in [0.15, 0.2) is 69.9 Å². The molecule has 29 heavy (non-hydrogen) atoms. The summed E-state index contributed by atoms with van der Waals surface area (Å²) in [5.74, 6) is -0.740. The van der Waals surface area contributed by atoms with Crippen LogP contribution in [0.25, 0.3) is 22.4 Å². The van der Waals surface area contributed by atoms with Crippen LogP contribution >= 0.6 is 11.3 Å². The molecule has 0 unspecified atom stereocenters. The summed E-state index contributed by atoms with van der Waals surface area (Å²) in [5.41, 5.74) is 9.66. The fraction of sp³-hybridized carbons (Fsp3) is 0.0455. The Kier molecular flexibility index (Phi) is 4.97. The molecule has 0 radical (unpaired) electrons. The standard InChI is InChI=1S/C22H17N3O3S/c1-13-6-2-3-7-15(13)21(27)24-22-18(16-8-4-5-9-17(16)20(23)26)19(25-28-22)14-10-11-29-12-14/h2-12H,1H3,(H2,23,26)(H,24,27). The zero-order valence-electron chi connectivity index (χ0n) is 15.5. The number of carbonyl (C=O) groups excluding carboxylic acids is 2. The Morgan fingerprint density at radius 1 is 1.03 bits per heavy atom. The van der Waals surface area contributed by atoms with E-state index in [1.807, 2.05) is 35.9 Å². The van der Waals surface area contributed by atoms with E-state index in [1.54, 1.807) is 36.4 Å². The van der Waals surface area contributed by atoms with E-state index in [-0.39, 0.29) is 11.8 Å². The van der Waals surface area contributed by atoms with E-state index < -0.39 is 5.91 Å². The van der Waals surface area contributed by atoms with Gasteiger partial charge in [0.2, 0.25) is 11.8 Å². The van der Waals surface area contributed by atoms with Gasteiger partial charge in [0.25, 0.3) is 5.91 Å². The number of carbonyl (C=O) groups is 2. The molecule has 2 aromatic heterocycles. The Morgan fingerprint density at radius 2 is 1.76 bits per heavy atom. The zero-order valence-corrected chi connectivity index (χ0v) is 16.3. The van der Waals surface area contributed by atoms with Crippen LogP contribution in [0.3, 0.4) is 0 Å². The van der Waals surface area contributed by atoms with Gasteiger partial charge in [-0.3, -0.25) is 14.9 Å². The number of aryl methyl sites for hydroxylation is 1. The van der Waals surface area contributed by atoms with E-state index in [9.17, 15) is 9.59 Å². The van der Waals surface area contributed by atoms with Crippen molar-refractivity contribution in [3.8, 4) is 22.4 Å². The number of anilines is 1. The molecule has 2 heterocycles. The van der Waals surface area contributed by atoms with E-state index in [2.05, 4.69) is 10.5 Å². The van der Waals surface area contributed by atoms with Crippen LogP contribution in [0.4, 0.5) is 5.88 Å². The monoisotopic (exact) mass is 403 g/mol. The minimum absolute atomic E-state index is 0.160. The van der Waals surface area contributed by atoms with Crippen molar-refractivity contribution in [1.82, 2.24) is 5.16 Å². The summed E-state index contributed by atoms with van der Waals surface area (Å²) in [6.07, 6.45) is 0. The molecule has 7 heteroatoms. The van der Waals surface area contributed by atoms with Crippen molar-refractivity contribution in [2.45, 2.75) is 6.92 Å². The lowest BCUT2D eigenvalue weighted by Crippen LogP contribution is -2.15. The zero-order chi connectivity index (χ0) is 20.4. The summed E-state index contributed by atoms with van der Waals surface area (Å²) < 4.78 is 5.51. The predicted octanol–water partition coefficient (Wildman–Crippen LogP) is 4.73. The van der Waals surface area contributed by atoms with Crippen LogP contribution in [-0.4, -0.2) is 17.0 Å². The molecule has 4 aromatic rings. The number of nitrogens with zero attached hydrogens (tertiary/aromatic N) is 1. The second kappa shape index (κ2) is 7.73. The largest absolute Gasteiger partial charge is 0.366 e. The highest BCUT2D eigenvalue weighted by Gasteiger charge is 2.25. The van der Waals surface area contributed by atoms with Gasteiger partial charge < -0.3 is 10.3 Å². The highest BCUT2D eigenvalue weighted by Crippen LogP contribution is 2.40. The highest BCUT2D eigenvalue weighted by atomic mass is 32.1. The fourth-order valence-electron chi connectivity index (χ4n) is 3.14. The number of amides is 2. The van der Waals surface area contributed by atoms with Gasteiger partial charge in [0.1, 0.15) is 5.69 Å². The molecule has 4 rings (SSSR count). The number of rotatable bonds is 5. The number of nitrogens with one attached hydrogen (secondary N) is 1. The predicted molar refractivity (Wildman–Crippen MR) is 113 cm³/mol. The lowest BCUT2D eigenvalue weighted by Gasteiger charge is -2.10. The van der Waals surface area contributed by atoms with Crippen LogP contribution in [0.1, 0.15) is 26.3 Å². The minimum atomic E-state index is -0.575. The van der Waals surface area contributed by atoms with Crippen molar-refractivity contribution in [1.29, 1.82) is 0 Å². The van der Waals surface area contributed by atoms with Crippen LogP contribution in [-0.2, 0) is 0 Å². The van der Waals surface area contributed by atoms with Gasteiger partial charge in [0.05, 0.1) is 5.56 Å². The molecule has 0 bridgehead atoms. The molecule has 0 aliphatic heterocycles. The van der Waals surface area contributed by atoms with E-state index >= 15 is 0 Å². The smallest absolute Gasteiger partial charge is 0.258 e. The lowest BCUT2D eigenvalue weighted by molar-refractivity contribution is 0.0998. The van der Waals surface area contributed by atoms with Crippen molar-refractivity contribution in [2.24, 2.45) is 5.73 Å². The molecule has 6 nitrogen and oxygen atoms in total. The molecular formula is C22H17N3O3S. The highest BCUT2D eigenvalue weighted by molar-refractivity contribution is 7.08. The van der Waals surface area contributed by atoms with Gasteiger partial charge >= 0.3 is 0 Å². The van der Waals surface area contributed by atoms with Crippen molar-refractivity contribution in [2.75, 3.05) is 5.32 Å². The van der Waals surface area contributed by atoms with Crippen molar-refractivity contribution < 1.29 is 14.1 Å². The second-order valence-corrected chi connectivity index (χ2v) is 7.21. The van der Waals surface area contributed by atoms with Crippen molar-refractivity contribution in [3.05, 3.63) is 82.0 Å². The van der Waals surface area contributed by atoms with Gasteiger partial charge in [-0.15, -0.1) is 0 Å². The van der Waals surface area contributed by atoms with Gasteiger partial charge in [-0.05, 0) is 36.1 Å². The minimum Gasteiger partial charge on any atom is -0.366 e. The fourth-order valence-corrected chi connectivity index (χ4v) is 3.78. The molecule has 0 aliphatic rings. The summed E-state index contributed by atoms with van der Waals surface area (Å²) in [7, 11) is 0. The average Bonchev–Trinajstić information content (AvgIpc) is 3.38. The first-order chi connectivity index (χ1) is 14.1. The molecule has 0 atom stereocenters. The van der Waals surface area contributed by atoms with Gasteiger partial charge in [-0.1, -0.05) is 41.6 Å².